The Labute approximate surface area is 218 Å². The van der Waals surface area contributed by atoms with E-state index in [1.807, 2.05) is 0 Å². The summed E-state index contributed by atoms with van der Waals surface area (Å²) >= 11 is 0.756. The van der Waals surface area contributed by atoms with Crippen LogP contribution in [0.25, 0.3) is 6.08 Å². The third-order valence-corrected chi connectivity index (χ3v) is 8.34. The van der Waals surface area contributed by atoms with Gasteiger partial charge in [-0.25, -0.2) is 8.42 Å². The Kier molecular flexibility index (Phi) is 7.83. The van der Waals surface area contributed by atoms with Crippen molar-refractivity contribution in [3.63, 3.8) is 0 Å². The highest BCUT2D eigenvalue weighted by molar-refractivity contribution is 8.42. The predicted molar refractivity (Wildman–Crippen MR) is 141 cm³/mol. The summed E-state index contributed by atoms with van der Waals surface area (Å²) in [6.45, 7) is 2.06. The first kappa shape index (κ1) is 26.2. The zero-order chi connectivity index (χ0) is 26.6. The van der Waals surface area contributed by atoms with E-state index in [4.69, 9.17) is 24.4 Å². The van der Waals surface area contributed by atoms with Gasteiger partial charge in [0.05, 0.1) is 25.5 Å². The van der Waals surface area contributed by atoms with E-state index in [2.05, 4.69) is 10.1 Å². The molecule has 194 valence electrons. The molecule has 0 spiro atoms. The maximum absolute atomic E-state index is 12.6. The van der Waals surface area contributed by atoms with Crippen molar-refractivity contribution in [3.05, 3.63) is 53.6 Å². The Morgan fingerprint density at radius 1 is 1.00 bits per heavy atom. The van der Waals surface area contributed by atoms with Crippen molar-refractivity contribution in [2.75, 3.05) is 33.2 Å². The number of thioether (sulfide) groups is 1. The zero-order valence-electron chi connectivity index (χ0n) is 20.3. The van der Waals surface area contributed by atoms with Gasteiger partial charge in [0.1, 0.15) is 24.7 Å². The Morgan fingerprint density at radius 3 is 2.38 bits per heavy atom. The minimum absolute atomic E-state index is 0.0353. The van der Waals surface area contributed by atoms with E-state index in [0.29, 0.717) is 29.4 Å². The molecule has 0 unspecified atom stereocenters. The largest absolute Gasteiger partial charge is 0.497 e. The van der Waals surface area contributed by atoms with E-state index in [-0.39, 0.29) is 33.3 Å². The van der Waals surface area contributed by atoms with Crippen molar-refractivity contribution in [1.29, 1.82) is 5.41 Å². The van der Waals surface area contributed by atoms with Gasteiger partial charge in [0.25, 0.3) is 5.91 Å². The smallest absolute Gasteiger partial charge is 0.283 e. The van der Waals surface area contributed by atoms with Gasteiger partial charge < -0.3 is 18.9 Å². The molecular formula is C24H24N4O7S2. The maximum Gasteiger partial charge on any atom is 0.283 e. The number of hydrogen-bond acceptors (Lipinski definition) is 10. The Bertz CT molecular complexity index is 1420. The van der Waals surface area contributed by atoms with Gasteiger partial charge in [-0.15, -0.1) is 5.10 Å². The summed E-state index contributed by atoms with van der Waals surface area (Å²) < 4.78 is 46.1. The van der Waals surface area contributed by atoms with Crippen LogP contribution < -0.4 is 18.9 Å². The molecule has 0 aromatic heterocycles. The van der Waals surface area contributed by atoms with Crippen LogP contribution in [0.15, 0.2) is 58.1 Å². The summed E-state index contributed by atoms with van der Waals surface area (Å²) in [6, 6.07) is 12.2. The molecule has 0 aliphatic carbocycles. The second-order valence-corrected chi connectivity index (χ2v) is 11.0. The second kappa shape index (κ2) is 11.0. The number of aliphatic imine (C=N–C) groups is 1. The molecule has 1 amide bonds. The third-order valence-electron chi connectivity index (χ3n) is 5.25. The number of amides is 1. The quantitative estimate of drug-likeness (QED) is 0.372. The number of fused-ring (bicyclic) bond motifs is 1. The average molecular weight is 545 g/mol. The number of nitrogens with one attached hydrogen (secondary N) is 1. The molecule has 0 atom stereocenters. The van der Waals surface area contributed by atoms with Gasteiger partial charge in [-0.05, 0) is 59.8 Å². The number of amidine groups is 2. The van der Waals surface area contributed by atoms with E-state index in [1.165, 1.54) is 20.1 Å². The van der Waals surface area contributed by atoms with Gasteiger partial charge in [0.15, 0.2) is 17.3 Å². The van der Waals surface area contributed by atoms with Gasteiger partial charge in [-0.2, -0.15) is 10.0 Å². The normalized spacial score (nSPS) is 16.3. The number of sulfone groups is 1. The van der Waals surface area contributed by atoms with Crippen molar-refractivity contribution < 1.29 is 32.2 Å². The number of carbonyl (C=O) groups is 1. The highest BCUT2D eigenvalue weighted by Gasteiger charge is 2.39. The molecule has 2 heterocycles. The van der Waals surface area contributed by atoms with Crippen LogP contribution in [0.1, 0.15) is 12.5 Å². The number of hydrazone groups is 1. The SMILES string of the molecule is CCS(=O)(=O)C1=NN2C(=N)C(=Cc3ccc(OCCOc4ccc(OC)cc4)c(OC)c3)C(=O)N=C2S1. The number of hydrogen-bond donors (Lipinski definition) is 1. The molecule has 11 nitrogen and oxygen atoms in total. The van der Waals surface area contributed by atoms with Crippen LogP contribution in [0.4, 0.5) is 0 Å². The fourth-order valence-corrected chi connectivity index (χ4v) is 5.43. The van der Waals surface area contributed by atoms with Crippen LogP contribution in [0.3, 0.4) is 0 Å². The average Bonchev–Trinajstić information content (AvgIpc) is 3.35. The number of carbonyl (C=O) groups excluding carboxylic acids is 1. The van der Waals surface area contributed by atoms with Gasteiger partial charge >= 0.3 is 0 Å². The molecule has 0 bridgehead atoms. The first-order valence-electron chi connectivity index (χ1n) is 11.1. The highest BCUT2D eigenvalue weighted by atomic mass is 32.3. The molecule has 2 aromatic rings. The fourth-order valence-electron chi connectivity index (χ4n) is 3.27. The van der Waals surface area contributed by atoms with Gasteiger partial charge in [-0.1, -0.05) is 13.0 Å². The molecule has 0 radical (unpaired) electrons. The van der Waals surface area contributed by atoms with Crippen molar-refractivity contribution in [2.24, 2.45) is 10.1 Å². The van der Waals surface area contributed by atoms with Crippen LogP contribution in [-0.4, -0.2) is 67.9 Å². The lowest BCUT2D eigenvalue weighted by Crippen LogP contribution is -2.35. The molecule has 2 aliphatic heterocycles. The molecular weight excluding hydrogens is 520 g/mol. The van der Waals surface area contributed by atoms with E-state index >= 15 is 0 Å². The summed E-state index contributed by atoms with van der Waals surface area (Å²) in [5.74, 6) is 1.24. The molecule has 2 aromatic carbocycles. The molecule has 1 N–H and O–H groups in total. The van der Waals surface area contributed by atoms with Gasteiger partial charge in [0.2, 0.25) is 19.4 Å². The number of benzene rings is 2. The lowest BCUT2D eigenvalue weighted by molar-refractivity contribution is -0.114. The van der Waals surface area contributed by atoms with E-state index in [1.54, 1.807) is 49.6 Å². The van der Waals surface area contributed by atoms with Crippen molar-refractivity contribution in [1.82, 2.24) is 5.01 Å². The molecule has 37 heavy (non-hydrogen) atoms. The summed E-state index contributed by atoms with van der Waals surface area (Å²) in [5, 5.41) is 13.5. The molecule has 0 saturated heterocycles. The van der Waals surface area contributed by atoms with Crippen LogP contribution in [-0.2, 0) is 14.6 Å². The van der Waals surface area contributed by atoms with E-state index < -0.39 is 15.7 Å². The van der Waals surface area contributed by atoms with Crippen LogP contribution >= 0.6 is 11.8 Å². The van der Waals surface area contributed by atoms with Crippen molar-refractivity contribution in [3.8, 4) is 23.0 Å². The van der Waals surface area contributed by atoms with Crippen molar-refractivity contribution in [2.45, 2.75) is 6.92 Å². The zero-order valence-corrected chi connectivity index (χ0v) is 21.9. The molecule has 13 heteroatoms. The van der Waals surface area contributed by atoms with Crippen LogP contribution in [0.2, 0.25) is 0 Å². The number of rotatable bonds is 9. The van der Waals surface area contributed by atoms with Crippen molar-refractivity contribution >= 4 is 49.0 Å². The third kappa shape index (κ3) is 5.78. The minimum Gasteiger partial charge on any atom is -0.497 e. The summed E-state index contributed by atoms with van der Waals surface area (Å²) in [7, 11) is -0.512. The summed E-state index contributed by atoms with van der Waals surface area (Å²) in [5.41, 5.74) is 0.523. The molecule has 2 aliphatic rings. The lowest BCUT2D eigenvalue weighted by Gasteiger charge is -2.20. The van der Waals surface area contributed by atoms with E-state index in [0.717, 1.165) is 22.5 Å². The monoisotopic (exact) mass is 544 g/mol. The molecule has 0 fully saturated rings. The number of ether oxygens (including phenoxy) is 4. The topological polar surface area (TPSA) is 140 Å². The minimum atomic E-state index is -3.60. The number of methoxy groups -OCH3 is 2. The maximum atomic E-state index is 12.6. The Morgan fingerprint density at radius 2 is 1.70 bits per heavy atom. The molecule has 0 saturated carbocycles. The van der Waals surface area contributed by atoms with Crippen LogP contribution in [0, 0.1) is 5.41 Å². The Balaban J connectivity index is 1.44. The summed E-state index contributed by atoms with van der Waals surface area (Å²) in [6.07, 6.45) is 1.47. The van der Waals surface area contributed by atoms with Crippen LogP contribution in [0.5, 0.6) is 23.0 Å². The first-order valence-corrected chi connectivity index (χ1v) is 13.5. The highest BCUT2D eigenvalue weighted by Crippen LogP contribution is 2.32. The first-order chi connectivity index (χ1) is 17.7. The van der Waals surface area contributed by atoms with Gasteiger partial charge in [-0.3, -0.25) is 10.2 Å². The Hall–Kier alpha value is -3.84. The molecule has 4 rings (SSSR count). The lowest BCUT2D eigenvalue weighted by atomic mass is 10.1. The van der Waals surface area contributed by atoms with E-state index in [9.17, 15) is 13.2 Å². The summed E-state index contributed by atoms with van der Waals surface area (Å²) in [4.78, 5) is 16.5. The second-order valence-electron chi connectivity index (χ2n) is 7.57. The van der Waals surface area contributed by atoms with Gasteiger partial charge in [0, 0.05) is 0 Å². The number of nitrogens with zero attached hydrogens (tertiary/aromatic N) is 3. The predicted octanol–water partition coefficient (Wildman–Crippen LogP) is 3.17. The fraction of sp³-hybridized carbons (Fsp3) is 0.250. The standard InChI is InChI=1S/C24H24N4O7S2/c1-4-37(30,31)24-27-28-21(25)18(22(29)26-23(28)36-24)13-15-5-10-19(20(14-15)33-3)35-12-11-34-17-8-6-16(32-2)7-9-17/h5-10,13-14,25H,4,11-12H2,1-3H3.